The van der Waals surface area contributed by atoms with Crippen LogP contribution in [0.2, 0.25) is 0 Å². The molecule has 1 nitrogen and oxygen atoms in total. The van der Waals surface area contributed by atoms with Crippen molar-refractivity contribution in [2.45, 2.75) is 32.6 Å². The van der Waals surface area contributed by atoms with Crippen LogP contribution in [-0.4, -0.2) is 4.40 Å². The number of benzene rings is 7. The minimum absolute atomic E-state index is 0.460. The van der Waals surface area contributed by atoms with Gasteiger partial charge in [-0.25, -0.2) is 0 Å². The fourth-order valence-corrected chi connectivity index (χ4v) is 8.86. The molecule has 0 spiro atoms. The van der Waals surface area contributed by atoms with Crippen LogP contribution >= 0.6 is 0 Å². The highest BCUT2D eigenvalue weighted by Crippen LogP contribution is 2.51. The summed E-state index contributed by atoms with van der Waals surface area (Å²) in [6, 6.07) is 54.4. The lowest BCUT2D eigenvalue weighted by Gasteiger charge is -2.31. The van der Waals surface area contributed by atoms with Crippen LogP contribution in [0.3, 0.4) is 0 Å². The van der Waals surface area contributed by atoms with Crippen molar-refractivity contribution < 1.29 is 0 Å². The van der Waals surface area contributed by atoms with Crippen LogP contribution < -0.4 is 0 Å². The van der Waals surface area contributed by atoms with E-state index in [2.05, 4.69) is 164 Å². The molecule has 1 aliphatic carbocycles. The van der Waals surface area contributed by atoms with Crippen molar-refractivity contribution in [2.75, 3.05) is 0 Å². The van der Waals surface area contributed by atoms with Gasteiger partial charge in [-0.1, -0.05) is 134 Å². The molecule has 1 heteroatoms. The summed E-state index contributed by atoms with van der Waals surface area (Å²) >= 11 is 0. The molecule has 0 fully saturated rings. The Balaban J connectivity index is 1.26. The first-order valence-electron chi connectivity index (χ1n) is 17.3. The van der Waals surface area contributed by atoms with E-state index >= 15 is 0 Å². The van der Waals surface area contributed by atoms with Crippen molar-refractivity contribution in [3.8, 4) is 44.5 Å². The highest BCUT2D eigenvalue weighted by Gasteiger charge is 2.30. The third-order valence-electron chi connectivity index (χ3n) is 11.1. The van der Waals surface area contributed by atoms with Crippen molar-refractivity contribution in [3.05, 3.63) is 162 Å². The Hall–Kier alpha value is -5.66. The van der Waals surface area contributed by atoms with Crippen LogP contribution in [0.5, 0.6) is 0 Å². The first-order chi connectivity index (χ1) is 23.7. The van der Waals surface area contributed by atoms with Crippen molar-refractivity contribution in [1.82, 2.24) is 4.40 Å². The maximum atomic E-state index is 2.50. The number of aromatic nitrogens is 1. The fourth-order valence-electron chi connectivity index (χ4n) is 8.86. The lowest BCUT2D eigenvalue weighted by atomic mass is 9.72. The molecule has 7 aromatic carbocycles. The Bertz CT molecular complexity index is 2690. The number of fused-ring (bicyclic) bond motifs is 9. The van der Waals surface area contributed by atoms with E-state index in [9.17, 15) is 0 Å². The molecule has 0 bridgehead atoms. The van der Waals surface area contributed by atoms with Gasteiger partial charge >= 0.3 is 0 Å². The number of nitrogens with zero attached hydrogens (tertiary/aromatic N) is 1. The molecule has 0 aliphatic heterocycles. The van der Waals surface area contributed by atoms with Crippen LogP contribution in [0, 0.1) is 6.92 Å². The molecule has 48 heavy (non-hydrogen) atoms. The van der Waals surface area contributed by atoms with Gasteiger partial charge in [-0.15, -0.1) is 0 Å². The van der Waals surface area contributed by atoms with Crippen molar-refractivity contribution in [3.63, 3.8) is 0 Å². The summed E-state index contributed by atoms with van der Waals surface area (Å²) in [5.41, 5.74) is 18.8. The molecule has 1 aliphatic rings. The number of hydrogen-bond donors (Lipinski definition) is 0. The van der Waals surface area contributed by atoms with Gasteiger partial charge in [0, 0.05) is 21.5 Å². The van der Waals surface area contributed by atoms with Crippen LogP contribution in [0.4, 0.5) is 0 Å². The summed E-state index contributed by atoms with van der Waals surface area (Å²) in [4.78, 5) is 0. The topological polar surface area (TPSA) is 4.41 Å². The van der Waals surface area contributed by atoms with Gasteiger partial charge in [-0.2, -0.15) is 0 Å². The smallest absolute Gasteiger partial charge is 0.0626 e. The molecular weight excluding hydrogens is 579 g/mol. The molecule has 0 radical (unpaired) electrons. The number of aryl methyl sites for hydroxylation is 1. The summed E-state index contributed by atoms with van der Waals surface area (Å²) in [5, 5.41) is 5.32. The fraction of sp³-hybridized carbons (Fsp3) is 0.106. The lowest BCUT2D eigenvalue weighted by Crippen LogP contribution is -2.13. The maximum Gasteiger partial charge on any atom is 0.0626 e. The van der Waals surface area contributed by atoms with Gasteiger partial charge in [0.25, 0.3) is 0 Å². The monoisotopic (exact) mass is 613 g/mol. The van der Waals surface area contributed by atoms with E-state index < -0.39 is 0 Å². The lowest BCUT2D eigenvalue weighted by molar-refractivity contribution is 0.655. The van der Waals surface area contributed by atoms with Gasteiger partial charge in [0.15, 0.2) is 0 Å². The second-order valence-corrected chi connectivity index (χ2v) is 13.6. The Morgan fingerprint density at radius 2 is 1.25 bits per heavy atom. The van der Waals surface area contributed by atoms with Crippen LogP contribution in [0.25, 0.3) is 82.6 Å². The average molecular weight is 614 g/mol. The number of hydrogen-bond acceptors (Lipinski definition) is 0. The summed E-state index contributed by atoms with van der Waals surface area (Å²) in [7, 11) is 0. The van der Waals surface area contributed by atoms with Crippen molar-refractivity contribution in [1.29, 1.82) is 0 Å². The predicted octanol–water partition coefficient (Wildman–Crippen LogP) is 12.9. The summed E-state index contributed by atoms with van der Waals surface area (Å²) in [6.45, 7) is 4.62. The summed E-state index contributed by atoms with van der Waals surface area (Å²) < 4.78 is 2.50. The molecule has 2 heterocycles. The normalized spacial score (nSPS) is 14.2. The number of para-hydroxylation sites is 2. The van der Waals surface area contributed by atoms with Gasteiger partial charge in [0.1, 0.15) is 0 Å². The van der Waals surface area contributed by atoms with E-state index in [1.807, 2.05) is 0 Å². The van der Waals surface area contributed by atoms with Gasteiger partial charge in [-0.3, -0.25) is 0 Å². The molecule has 2 aromatic heterocycles. The SMILES string of the molecule is CCC1Cc2c(-c3cc(-c4ccccc4)ccc3C)cccc2-c2c(-c3ccc4c5ccccc5n5c6ccccc6c3c45)cccc21. The molecule has 10 rings (SSSR count). The van der Waals surface area contributed by atoms with E-state index in [1.165, 1.54) is 99.3 Å². The van der Waals surface area contributed by atoms with Crippen LogP contribution in [0.15, 0.2) is 146 Å². The van der Waals surface area contributed by atoms with E-state index in [-0.39, 0.29) is 0 Å². The Labute approximate surface area is 281 Å². The van der Waals surface area contributed by atoms with E-state index in [1.54, 1.807) is 0 Å². The molecule has 1 atom stereocenters. The quantitative estimate of drug-likeness (QED) is 0.186. The van der Waals surface area contributed by atoms with E-state index in [0.29, 0.717) is 5.92 Å². The van der Waals surface area contributed by atoms with E-state index in [4.69, 9.17) is 0 Å². The molecule has 0 saturated heterocycles. The van der Waals surface area contributed by atoms with Gasteiger partial charge in [0.05, 0.1) is 16.6 Å². The van der Waals surface area contributed by atoms with Gasteiger partial charge < -0.3 is 4.40 Å². The van der Waals surface area contributed by atoms with Crippen LogP contribution in [0.1, 0.15) is 36.0 Å². The first-order valence-corrected chi connectivity index (χ1v) is 17.3. The Kier molecular flexibility index (Phi) is 5.96. The summed E-state index contributed by atoms with van der Waals surface area (Å²) in [6.07, 6.45) is 2.16. The van der Waals surface area contributed by atoms with Gasteiger partial charge in [-0.05, 0) is 105 Å². The zero-order valence-corrected chi connectivity index (χ0v) is 27.3. The zero-order valence-electron chi connectivity index (χ0n) is 27.3. The second-order valence-electron chi connectivity index (χ2n) is 13.6. The first kappa shape index (κ1) is 27.5. The molecule has 0 amide bonds. The van der Waals surface area contributed by atoms with Crippen molar-refractivity contribution >= 4 is 38.1 Å². The van der Waals surface area contributed by atoms with Crippen molar-refractivity contribution in [2.24, 2.45) is 0 Å². The van der Waals surface area contributed by atoms with Gasteiger partial charge in [0.2, 0.25) is 0 Å². The van der Waals surface area contributed by atoms with E-state index in [0.717, 1.165) is 12.8 Å². The minimum Gasteiger partial charge on any atom is -0.308 e. The molecular formula is C47H35N. The molecule has 9 aromatic rings. The third-order valence-corrected chi connectivity index (χ3v) is 11.1. The number of rotatable bonds is 4. The average Bonchev–Trinajstić information content (AvgIpc) is 3.67. The standard InChI is InChI=1S/C47H35N/c1-3-30-27-42-34(41-28-32(24-23-29(41)2)31-13-5-4-6-14-31)18-12-20-37(42)45-33(30)17-11-19-36(45)38-25-26-39-35-15-7-9-21-43(35)48-44-22-10-8-16-40(44)46(38)47(39)48/h4-26,28,30H,3,27H2,1-2H3. The third kappa shape index (κ3) is 3.79. The molecule has 0 saturated carbocycles. The minimum atomic E-state index is 0.460. The Morgan fingerprint density at radius 1 is 0.542 bits per heavy atom. The maximum absolute atomic E-state index is 2.50. The largest absolute Gasteiger partial charge is 0.308 e. The molecule has 228 valence electrons. The Morgan fingerprint density at radius 3 is 2.08 bits per heavy atom. The second kappa shape index (κ2) is 10.4. The summed E-state index contributed by atoms with van der Waals surface area (Å²) in [5.74, 6) is 0.460. The molecule has 1 unspecified atom stereocenters. The highest BCUT2D eigenvalue weighted by atomic mass is 14.9. The zero-order chi connectivity index (χ0) is 31.9. The highest BCUT2D eigenvalue weighted by molar-refractivity contribution is 6.27. The van der Waals surface area contributed by atoms with Crippen LogP contribution in [-0.2, 0) is 6.42 Å². The predicted molar refractivity (Wildman–Crippen MR) is 204 cm³/mol. The molecule has 0 N–H and O–H groups in total.